The number of allylic oxidation sites excluding steroid dienone is 15. The molecule has 0 aromatic rings. The van der Waals surface area contributed by atoms with Crippen LogP contribution in [0.2, 0.25) is 0 Å². The summed E-state index contributed by atoms with van der Waals surface area (Å²) in [6.45, 7) is 25.1. The Kier molecular flexibility index (Phi) is 12.0. The van der Waals surface area contributed by atoms with Crippen molar-refractivity contribution in [3.63, 3.8) is 0 Å². The highest BCUT2D eigenvalue weighted by Gasteiger charge is 2.72. The van der Waals surface area contributed by atoms with E-state index in [1.165, 1.54) is 26.2 Å². The lowest BCUT2D eigenvalue weighted by Crippen LogP contribution is -2.46. The Labute approximate surface area is 286 Å². The fourth-order valence-corrected chi connectivity index (χ4v) is 9.07. The molecule has 0 bridgehead atoms. The lowest BCUT2D eigenvalue weighted by atomic mass is 9.59. The molecular formula is C43H62O4. The van der Waals surface area contributed by atoms with Gasteiger partial charge in [-0.15, -0.1) is 0 Å². The van der Waals surface area contributed by atoms with E-state index < -0.39 is 5.60 Å². The zero-order valence-corrected chi connectivity index (χ0v) is 31.4. The zero-order valence-electron chi connectivity index (χ0n) is 31.4. The predicted molar refractivity (Wildman–Crippen MR) is 197 cm³/mol. The van der Waals surface area contributed by atoms with Crippen molar-refractivity contribution in [1.29, 1.82) is 0 Å². The maximum atomic E-state index is 13.2. The minimum absolute atomic E-state index is 0.156. The van der Waals surface area contributed by atoms with Gasteiger partial charge in [-0.05, 0) is 99.0 Å². The van der Waals surface area contributed by atoms with Crippen LogP contribution in [0.4, 0.5) is 0 Å². The Morgan fingerprint density at radius 1 is 0.766 bits per heavy atom. The average Bonchev–Trinajstić information content (AvgIpc) is 3.52. The second-order valence-corrected chi connectivity index (χ2v) is 16.9. The van der Waals surface area contributed by atoms with Gasteiger partial charge in [0.15, 0.2) is 5.78 Å². The van der Waals surface area contributed by atoms with Gasteiger partial charge in [-0.25, -0.2) is 0 Å². The van der Waals surface area contributed by atoms with Gasteiger partial charge in [0, 0.05) is 19.8 Å². The third-order valence-electron chi connectivity index (χ3n) is 11.2. The summed E-state index contributed by atoms with van der Waals surface area (Å²) in [7, 11) is 0. The quantitative estimate of drug-likeness (QED) is 0.138. The first kappa shape index (κ1) is 38.5. The number of esters is 1. The highest BCUT2D eigenvalue weighted by atomic mass is 16.5. The van der Waals surface area contributed by atoms with Crippen molar-refractivity contribution >= 4 is 11.8 Å². The van der Waals surface area contributed by atoms with Crippen molar-refractivity contribution in [3.05, 3.63) is 94.7 Å². The highest BCUT2D eigenvalue weighted by Crippen LogP contribution is 2.79. The zero-order chi connectivity index (χ0) is 35.4. The topological polar surface area (TPSA) is 63.6 Å². The van der Waals surface area contributed by atoms with Gasteiger partial charge in [0.25, 0.3) is 0 Å². The van der Waals surface area contributed by atoms with E-state index in [0.717, 1.165) is 33.8 Å². The van der Waals surface area contributed by atoms with Gasteiger partial charge >= 0.3 is 5.97 Å². The maximum Gasteiger partial charge on any atom is 0.302 e. The van der Waals surface area contributed by atoms with Crippen molar-refractivity contribution in [3.8, 4) is 0 Å². The van der Waals surface area contributed by atoms with E-state index >= 15 is 0 Å². The molecule has 3 aliphatic carbocycles. The number of carbonyl (C=O) groups is 2. The molecule has 3 rings (SSSR count). The summed E-state index contributed by atoms with van der Waals surface area (Å²) in [6, 6.07) is 0. The van der Waals surface area contributed by atoms with Crippen LogP contribution >= 0.6 is 0 Å². The number of hydrogen-bond acceptors (Lipinski definition) is 4. The minimum Gasteiger partial charge on any atom is -0.462 e. The summed E-state index contributed by atoms with van der Waals surface area (Å²) in [5.74, 6) is 0.718. The highest BCUT2D eigenvalue weighted by molar-refractivity contribution is 5.96. The van der Waals surface area contributed by atoms with Gasteiger partial charge in [-0.3, -0.25) is 9.59 Å². The first-order valence-corrected chi connectivity index (χ1v) is 17.5. The van der Waals surface area contributed by atoms with Crippen molar-refractivity contribution in [1.82, 2.24) is 0 Å². The Bertz CT molecular complexity index is 1430. The monoisotopic (exact) mass is 642 g/mol. The average molecular weight is 643 g/mol. The molecule has 0 radical (unpaired) electrons. The van der Waals surface area contributed by atoms with Crippen molar-refractivity contribution < 1.29 is 19.4 Å². The first-order chi connectivity index (χ1) is 21.6. The number of rotatable bonds is 11. The van der Waals surface area contributed by atoms with Crippen LogP contribution in [-0.4, -0.2) is 28.6 Å². The van der Waals surface area contributed by atoms with E-state index in [1.54, 1.807) is 0 Å². The van der Waals surface area contributed by atoms with E-state index in [1.807, 2.05) is 63.3 Å². The Hall–Kier alpha value is -2.98. The molecule has 0 unspecified atom stereocenters. The molecule has 0 aromatic carbocycles. The molecule has 47 heavy (non-hydrogen) atoms. The smallest absolute Gasteiger partial charge is 0.302 e. The van der Waals surface area contributed by atoms with E-state index in [4.69, 9.17) is 4.74 Å². The molecule has 0 aromatic heterocycles. The van der Waals surface area contributed by atoms with Crippen molar-refractivity contribution in [2.45, 2.75) is 133 Å². The third-order valence-corrected chi connectivity index (χ3v) is 11.2. The normalized spacial score (nSPS) is 33.9. The van der Waals surface area contributed by atoms with Crippen molar-refractivity contribution in [2.75, 3.05) is 0 Å². The molecule has 0 saturated heterocycles. The van der Waals surface area contributed by atoms with E-state index in [-0.39, 0.29) is 34.1 Å². The number of ether oxygens (including phenoxy) is 1. The van der Waals surface area contributed by atoms with Crippen LogP contribution in [0.5, 0.6) is 0 Å². The second kappa shape index (κ2) is 14.6. The summed E-state index contributed by atoms with van der Waals surface area (Å²) in [5, 5.41) is 11.2. The summed E-state index contributed by atoms with van der Waals surface area (Å²) < 4.78 is 5.45. The summed E-state index contributed by atoms with van der Waals surface area (Å²) in [6.07, 6.45) is 27.5. The van der Waals surface area contributed by atoms with Crippen molar-refractivity contribution in [2.24, 2.45) is 27.6 Å². The van der Waals surface area contributed by atoms with E-state index in [2.05, 4.69) is 79.7 Å². The van der Waals surface area contributed by atoms with Gasteiger partial charge in [0.1, 0.15) is 6.10 Å². The van der Waals surface area contributed by atoms with Gasteiger partial charge < -0.3 is 9.84 Å². The van der Waals surface area contributed by atoms with Gasteiger partial charge in [-0.2, -0.15) is 0 Å². The standard InChI is InChI=1S/C43H62O4/c1-30(19-15-21-32(3)23-38-39(7,8)26-36(47-35(6)44)27-42(38,12)46)17-13-14-18-31(2)20-16-22-34(5)37(45)28-43-29-41(43,11)25-33(4)24-40(43,9)10/h13-23,33,36,46H,24-29H2,1-12H3/b14-13+,19-15+,20-16+,30-17+,31-18+,32-21+,34-22+,38-23+/t33-,36+,41-,42-,43-/m1/s1. The lowest BCUT2D eigenvalue weighted by Gasteiger charge is -2.46. The van der Waals surface area contributed by atoms with Crippen LogP contribution in [0.1, 0.15) is 122 Å². The molecule has 258 valence electrons. The second-order valence-electron chi connectivity index (χ2n) is 16.9. The molecule has 5 atom stereocenters. The van der Waals surface area contributed by atoms with Crippen LogP contribution < -0.4 is 0 Å². The Balaban J connectivity index is 1.54. The Morgan fingerprint density at radius 3 is 1.85 bits per heavy atom. The fourth-order valence-electron chi connectivity index (χ4n) is 9.07. The summed E-state index contributed by atoms with van der Waals surface area (Å²) >= 11 is 0. The molecular weight excluding hydrogens is 580 g/mol. The summed E-state index contributed by atoms with van der Waals surface area (Å²) in [5.41, 5.74) is 4.43. The van der Waals surface area contributed by atoms with E-state index in [0.29, 0.717) is 24.7 Å². The number of fused-ring (bicyclic) bond motifs is 1. The molecule has 3 saturated carbocycles. The Morgan fingerprint density at radius 2 is 1.32 bits per heavy atom. The molecule has 1 N–H and O–H groups in total. The van der Waals surface area contributed by atoms with Crippen LogP contribution in [0, 0.1) is 27.6 Å². The van der Waals surface area contributed by atoms with Gasteiger partial charge in [0.2, 0.25) is 0 Å². The first-order valence-electron chi connectivity index (χ1n) is 17.5. The largest absolute Gasteiger partial charge is 0.462 e. The molecule has 0 amide bonds. The van der Waals surface area contributed by atoms with Crippen LogP contribution in [0.25, 0.3) is 0 Å². The number of ketones is 1. The van der Waals surface area contributed by atoms with Crippen LogP contribution in [-0.2, 0) is 14.3 Å². The predicted octanol–water partition coefficient (Wildman–Crippen LogP) is 10.7. The summed E-state index contributed by atoms with van der Waals surface area (Å²) in [4.78, 5) is 24.7. The minimum atomic E-state index is -1.04. The number of Topliss-reactive ketones (excluding diaryl/α,β-unsaturated/α-hetero) is 1. The number of aliphatic hydroxyl groups is 1. The molecule has 4 nitrogen and oxygen atoms in total. The molecule has 0 aliphatic heterocycles. The molecule has 3 aliphatic rings. The van der Waals surface area contributed by atoms with Crippen LogP contribution in [0.3, 0.4) is 0 Å². The lowest BCUT2D eigenvalue weighted by molar-refractivity contribution is -0.152. The number of hydrogen-bond donors (Lipinski definition) is 1. The van der Waals surface area contributed by atoms with Gasteiger partial charge in [-0.1, -0.05) is 125 Å². The molecule has 3 fully saturated rings. The van der Waals surface area contributed by atoms with Gasteiger partial charge in [0.05, 0.1) is 5.60 Å². The fraction of sp³-hybridized carbons (Fsp3) is 0.581. The SMILES string of the molecule is CC(=O)O[C@H]1CC(C)(C)\C(=C/C(C)=C/C=C/C(C)=C/C=C/C=C(C)/C=C/C=C(\C)C(=O)C[C@]23C[C@@]2(C)C[C@H](C)CC3(C)C)[C@](C)(O)C1. The molecule has 4 heteroatoms. The molecule has 0 spiro atoms. The number of carbonyl (C=O) groups excluding carboxylic acids is 2. The van der Waals surface area contributed by atoms with Crippen LogP contribution in [0.15, 0.2) is 94.7 Å². The maximum absolute atomic E-state index is 13.2. The molecule has 0 heterocycles. The third kappa shape index (κ3) is 9.56. The van der Waals surface area contributed by atoms with E-state index in [9.17, 15) is 14.7 Å².